The number of carboxylic acid groups (broad SMARTS) is 2. The summed E-state index contributed by atoms with van der Waals surface area (Å²) < 4.78 is 12.0. The van der Waals surface area contributed by atoms with E-state index >= 15 is 0 Å². The second-order valence-electron chi connectivity index (χ2n) is 5.98. The Hall–Kier alpha value is -3.29. The predicted molar refractivity (Wildman–Crippen MR) is 81.2 cm³/mol. The van der Waals surface area contributed by atoms with Gasteiger partial charge in [0, 0.05) is 6.08 Å². The molecule has 0 radical (unpaired) electrons. The summed E-state index contributed by atoms with van der Waals surface area (Å²) in [6.07, 6.45) is -3.26. The van der Waals surface area contributed by atoms with Gasteiger partial charge in [0.1, 0.15) is 24.3 Å². The second kappa shape index (κ2) is 5.60. The lowest BCUT2D eigenvalue weighted by molar-refractivity contribution is -0.190. The van der Waals surface area contributed by atoms with Gasteiger partial charge in [-0.05, 0) is 0 Å². The summed E-state index contributed by atoms with van der Waals surface area (Å²) in [5, 5.41) is 38.6. The van der Waals surface area contributed by atoms with Crippen molar-refractivity contribution >= 4 is 23.1 Å². The fourth-order valence-electron chi connectivity index (χ4n) is 3.12. The van der Waals surface area contributed by atoms with Crippen molar-refractivity contribution in [1.82, 2.24) is 19.5 Å². The number of imidazole rings is 1. The third kappa shape index (κ3) is 2.26. The summed E-state index contributed by atoms with van der Waals surface area (Å²) >= 11 is 0. The van der Waals surface area contributed by atoms with Crippen LogP contribution in [-0.4, -0.2) is 75.8 Å². The minimum atomic E-state index is -2.61. The first-order valence-corrected chi connectivity index (χ1v) is 7.56. The highest BCUT2D eigenvalue weighted by Gasteiger charge is 2.60. The van der Waals surface area contributed by atoms with E-state index in [1.165, 1.54) is 10.9 Å². The average molecular weight is 380 g/mol. The molecule has 1 saturated heterocycles. The molecule has 2 aromatic rings. The molecule has 0 spiro atoms. The summed E-state index contributed by atoms with van der Waals surface area (Å²) in [4.78, 5) is 44.5. The van der Waals surface area contributed by atoms with E-state index in [9.17, 15) is 29.7 Å². The lowest BCUT2D eigenvalue weighted by Crippen LogP contribution is -2.54. The number of hydrogen-bond acceptors (Lipinski definition) is 9. The number of aromatic amines is 1. The van der Waals surface area contributed by atoms with Crippen LogP contribution in [0, 0.1) is 0 Å². The largest absolute Gasteiger partial charge is 0.479 e. The number of aliphatic hydroxyl groups is 2. The number of carboxylic acids is 2. The van der Waals surface area contributed by atoms with Gasteiger partial charge >= 0.3 is 11.9 Å². The Morgan fingerprint density at radius 2 is 2.07 bits per heavy atom. The van der Waals surface area contributed by atoms with Crippen LogP contribution in [0.2, 0.25) is 0 Å². The smallest absolute Gasteiger partial charge is 0.343 e. The first-order valence-electron chi connectivity index (χ1n) is 7.56. The van der Waals surface area contributed by atoms with E-state index in [-0.39, 0.29) is 16.9 Å². The van der Waals surface area contributed by atoms with E-state index in [1.807, 2.05) is 0 Å². The minimum Gasteiger partial charge on any atom is -0.479 e. The lowest BCUT2D eigenvalue weighted by Gasteiger charge is -2.28. The Labute approximate surface area is 148 Å². The summed E-state index contributed by atoms with van der Waals surface area (Å²) in [6, 6.07) is 0. The highest BCUT2D eigenvalue weighted by atomic mass is 16.6. The van der Waals surface area contributed by atoms with Crippen LogP contribution >= 0.6 is 0 Å². The van der Waals surface area contributed by atoms with Crippen LogP contribution in [0.4, 0.5) is 0 Å². The van der Waals surface area contributed by atoms with Gasteiger partial charge in [-0.15, -0.1) is 0 Å². The number of aromatic nitrogens is 4. The van der Waals surface area contributed by atoms with Gasteiger partial charge in [0.15, 0.2) is 17.3 Å². The Kier molecular flexibility index (Phi) is 3.56. The van der Waals surface area contributed by atoms with Crippen molar-refractivity contribution in [3.63, 3.8) is 0 Å². The standard InChI is InChI=1S/C14H12N4O9/c19-6-7-4(1-14(27-7,13(24)25)8(20)12(22)23)26-11(6)18-3-17-5-9(18)15-2-16-10(5)21/h1-3,6-8,11,19-20H,(H,22,23)(H,24,25)(H,15,16,21)/t6-,7-,8+,11-,14+/m1/s1. The first kappa shape index (κ1) is 17.1. The molecule has 1 fully saturated rings. The Morgan fingerprint density at radius 3 is 2.70 bits per heavy atom. The van der Waals surface area contributed by atoms with E-state index in [1.54, 1.807) is 0 Å². The van der Waals surface area contributed by atoms with Gasteiger partial charge in [0.25, 0.3) is 5.56 Å². The van der Waals surface area contributed by atoms with Crippen molar-refractivity contribution < 1.29 is 39.5 Å². The van der Waals surface area contributed by atoms with Crippen LogP contribution in [0.5, 0.6) is 0 Å². The number of aliphatic carboxylic acids is 2. The normalized spacial score (nSPS) is 30.6. The van der Waals surface area contributed by atoms with Crippen LogP contribution in [0.3, 0.4) is 0 Å². The number of hydrogen-bond donors (Lipinski definition) is 5. The molecule has 0 unspecified atom stereocenters. The third-order valence-corrected chi connectivity index (χ3v) is 4.43. The fourth-order valence-corrected chi connectivity index (χ4v) is 3.12. The van der Waals surface area contributed by atoms with Crippen molar-refractivity contribution in [2.75, 3.05) is 0 Å². The third-order valence-electron chi connectivity index (χ3n) is 4.43. The van der Waals surface area contributed by atoms with Crippen molar-refractivity contribution in [3.8, 4) is 0 Å². The van der Waals surface area contributed by atoms with Gasteiger partial charge in [-0.2, -0.15) is 0 Å². The van der Waals surface area contributed by atoms with Crippen molar-refractivity contribution in [2.45, 2.75) is 30.1 Å². The predicted octanol–water partition coefficient (Wildman–Crippen LogP) is -2.44. The van der Waals surface area contributed by atoms with Gasteiger partial charge in [-0.25, -0.2) is 19.6 Å². The van der Waals surface area contributed by atoms with Crippen LogP contribution in [-0.2, 0) is 19.1 Å². The zero-order chi connectivity index (χ0) is 19.5. The van der Waals surface area contributed by atoms with Gasteiger partial charge in [-0.1, -0.05) is 0 Å². The number of nitrogens with one attached hydrogen (secondary N) is 1. The van der Waals surface area contributed by atoms with Crippen molar-refractivity contribution in [1.29, 1.82) is 0 Å². The van der Waals surface area contributed by atoms with Crippen LogP contribution in [0.1, 0.15) is 6.23 Å². The molecule has 4 heterocycles. The molecule has 13 heteroatoms. The molecule has 0 aliphatic carbocycles. The van der Waals surface area contributed by atoms with Crippen LogP contribution in [0.25, 0.3) is 11.2 Å². The molecule has 0 saturated carbocycles. The molecule has 4 rings (SSSR count). The molecular weight excluding hydrogens is 368 g/mol. The maximum absolute atomic E-state index is 11.7. The van der Waals surface area contributed by atoms with E-state index < -0.39 is 47.6 Å². The molecular formula is C14H12N4O9. The molecule has 0 aromatic carbocycles. The van der Waals surface area contributed by atoms with Gasteiger partial charge in [0.05, 0.1) is 6.33 Å². The number of H-pyrrole nitrogens is 1. The van der Waals surface area contributed by atoms with E-state index in [4.69, 9.17) is 14.6 Å². The Bertz CT molecular complexity index is 1040. The quantitative estimate of drug-likeness (QED) is 0.378. The van der Waals surface area contributed by atoms with Gasteiger partial charge in [0.2, 0.25) is 11.8 Å². The summed E-state index contributed by atoms with van der Waals surface area (Å²) in [6.45, 7) is 0. The van der Waals surface area contributed by atoms with Crippen LogP contribution < -0.4 is 5.56 Å². The first-order chi connectivity index (χ1) is 12.8. The maximum atomic E-state index is 11.7. The molecule has 5 N–H and O–H groups in total. The highest BCUT2D eigenvalue weighted by Crippen LogP contribution is 2.44. The molecule has 27 heavy (non-hydrogen) atoms. The SMILES string of the molecule is O=C(O)[C@H](O)[C@]1(C(=O)O)C=C2O[C@@H](n3cnc4c(=O)[nH]cnc43)[C@H](O)[C@@H]2O1. The summed E-state index contributed by atoms with van der Waals surface area (Å²) in [5.74, 6) is -3.74. The van der Waals surface area contributed by atoms with Crippen molar-refractivity contribution in [2.24, 2.45) is 0 Å². The maximum Gasteiger partial charge on any atom is 0.343 e. The number of aliphatic hydroxyl groups excluding tert-OH is 2. The average Bonchev–Trinajstić information content (AvgIpc) is 3.28. The zero-order valence-electron chi connectivity index (χ0n) is 13.2. The molecule has 5 atom stereocenters. The number of carbonyl (C=O) groups is 2. The Morgan fingerprint density at radius 1 is 1.33 bits per heavy atom. The zero-order valence-corrected chi connectivity index (χ0v) is 13.2. The number of rotatable bonds is 4. The highest BCUT2D eigenvalue weighted by molar-refractivity contribution is 5.90. The molecule has 142 valence electrons. The van der Waals surface area contributed by atoms with Gasteiger partial charge in [-0.3, -0.25) is 9.36 Å². The van der Waals surface area contributed by atoms with Gasteiger partial charge < -0.3 is 34.9 Å². The molecule has 2 aromatic heterocycles. The van der Waals surface area contributed by atoms with E-state index in [2.05, 4.69) is 15.0 Å². The summed E-state index contributed by atoms with van der Waals surface area (Å²) in [7, 11) is 0. The number of fused-ring (bicyclic) bond motifs is 2. The van der Waals surface area contributed by atoms with Crippen molar-refractivity contribution in [3.05, 3.63) is 34.8 Å². The van der Waals surface area contributed by atoms with Crippen LogP contribution in [0.15, 0.2) is 29.3 Å². The fraction of sp³-hybridized carbons (Fsp3) is 0.357. The molecule has 13 nitrogen and oxygen atoms in total. The number of nitrogens with zero attached hydrogens (tertiary/aromatic N) is 3. The lowest BCUT2D eigenvalue weighted by atomic mass is 9.97. The topological polar surface area (TPSA) is 197 Å². The monoisotopic (exact) mass is 380 g/mol. The molecule has 2 aliphatic rings. The Balaban J connectivity index is 1.73. The molecule has 2 aliphatic heterocycles. The second-order valence-corrected chi connectivity index (χ2v) is 5.98. The number of ether oxygens (including phenoxy) is 2. The summed E-state index contributed by atoms with van der Waals surface area (Å²) in [5.41, 5.74) is -3.00. The molecule has 0 bridgehead atoms. The van der Waals surface area contributed by atoms with E-state index in [0.29, 0.717) is 0 Å². The minimum absolute atomic E-state index is 0.00133. The van der Waals surface area contributed by atoms with E-state index in [0.717, 1.165) is 12.4 Å². The molecule has 0 amide bonds.